The van der Waals surface area contributed by atoms with E-state index in [0.29, 0.717) is 48.3 Å². The van der Waals surface area contributed by atoms with E-state index in [1.54, 1.807) is 32.0 Å². The zero-order valence-corrected chi connectivity index (χ0v) is 25.7. The maximum absolute atomic E-state index is 14.3. The number of sulfonamides is 1. The summed E-state index contributed by atoms with van der Waals surface area (Å²) in [6, 6.07) is 9.99. The number of carboxylic acids is 1. The van der Waals surface area contributed by atoms with Gasteiger partial charge in [0.1, 0.15) is 22.1 Å². The van der Waals surface area contributed by atoms with Crippen LogP contribution in [0.4, 0.5) is 17.6 Å². The molecule has 46 heavy (non-hydrogen) atoms. The molecule has 1 atom stereocenters. The zero-order chi connectivity index (χ0) is 33.0. The maximum atomic E-state index is 14.3. The van der Waals surface area contributed by atoms with Crippen LogP contribution in [0.3, 0.4) is 0 Å². The first-order valence-electron chi connectivity index (χ1n) is 14.5. The Bertz CT molecular complexity index is 1940. The molecule has 1 spiro atoms. The maximum Gasteiger partial charge on any atom is 0.452 e. The molecule has 2 aliphatic heterocycles. The summed E-state index contributed by atoms with van der Waals surface area (Å²) in [5.74, 6) is -3.82. The van der Waals surface area contributed by atoms with Gasteiger partial charge in [0.2, 0.25) is 15.8 Å². The van der Waals surface area contributed by atoms with E-state index in [1.165, 1.54) is 16.4 Å². The summed E-state index contributed by atoms with van der Waals surface area (Å²) in [6.07, 6.45) is -3.15. The van der Waals surface area contributed by atoms with Crippen LogP contribution in [0.15, 0.2) is 53.6 Å². The van der Waals surface area contributed by atoms with Gasteiger partial charge in [-0.05, 0) is 65.9 Å². The molecular formula is C31H30F4N4O6S. The Hall–Kier alpha value is -4.08. The fraction of sp³-hybridized carbons (Fsp3) is 0.387. The van der Waals surface area contributed by atoms with E-state index in [9.17, 15) is 35.9 Å². The standard InChI is InChI=1S/C31H30F4N4O6S/c1-18-3-4-20(24(15-27(40)41)23-7-10-39-28(19(23)2)36-37-29(39)31(33,34)35)13-21(18)16-38-17-30(8-11-44-12-9-30)45-25-6-5-22(32)14-26(25)46(38,42)43/h3-7,10,13-14,24H,8-9,11-12,15-17H2,1-2H3,(H,40,41)/t24-/m0/s1. The monoisotopic (exact) mass is 662 g/mol. The van der Waals surface area contributed by atoms with Crippen molar-refractivity contribution in [3.63, 3.8) is 0 Å². The summed E-state index contributed by atoms with van der Waals surface area (Å²) >= 11 is 0. The molecule has 15 heteroatoms. The number of nitrogens with zero attached hydrogens (tertiary/aromatic N) is 4. The molecule has 1 saturated heterocycles. The molecule has 244 valence electrons. The van der Waals surface area contributed by atoms with E-state index >= 15 is 0 Å². The van der Waals surface area contributed by atoms with Gasteiger partial charge in [0.25, 0.3) is 0 Å². The molecule has 0 saturated carbocycles. The average Bonchev–Trinajstić information content (AvgIpc) is 3.42. The summed E-state index contributed by atoms with van der Waals surface area (Å²) in [6.45, 7) is 3.90. The molecule has 0 amide bonds. The number of rotatable bonds is 6. The highest BCUT2D eigenvalue weighted by atomic mass is 32.2. The van der Waals surface area contributed by atoms with E-state index in [2.05, 4.69) is 10.2 Å². The second kappa shape index (κ2) is 11.6. The first-order chi connectivity index (χ1) is 21.7. The molecule has 10 nitrogen and oxygen atoms in total. The normalized spacial score (nSPS) is 18.6. The molecule has 0 unspecified atom stereocenters. The fourth-order valence-electron chi connectivity index (χ4n) is 6.24. The molecule has 1 N–H and O–H groups in total. The predicted octanol–water partition coefficient (Wildman–Crippen LogP) is 5.24. The number of hydrogen-bond acceptors (Lipinski definition) is 7. The van der Waals surface area contributed by atoms with Gasteiger partial charge in [0.05, 0.1) is 26.2 Å². The number of carbonyl (C=O) groups is 1. The van der Waals surface area contributed by atoms with Crippen molar-refractivity contribution in [2.75, 3.05) is 19.8 Å². The Morgan fingerprint density at radius 3 is 2.52 bits per heavy atom. The highest BCUT2D eigenvalue weighted by Crippen LogP contribution is 2.40. The topological polar surface area (TPSA) is 123 Å². The van der Waals surface area contributed by atoms with Crippen LogP contribution >= 0.6 is 0 Å². The van der Waals surface area contributed by atoms with Crippen LogP contribution in [0.25, 0.3) is 5.65 Å². The van der Waals surface area contributed by atoms with Gasteiger partial charge >= 0.3 is 12.1 Å². The molecule has 2 aliphatic rings. The summed E-state index contributed by atoms with van der Waals surface area (Å²) in [4.78, 5) is 11.8. The van der Waals surface area contributed by atoms with Gasteiger partial charge in [-0.2, -0.15) is 17.5 Å². The van der Waals surface area contributed by atoms with Gasteiger partial charge in [-0.25, -0.2) is 12.8 Å². The van der Waals surface area contributed by atoms with Gasteiger partial charge in [-0.15, -0.1) is 10.2 Å². The first kappa shape index (κ1) is 31.9. The Kier molecular flexibility index (Phi) is 8.05. The lowest BCUT2D eigenvalue weighted by Gasteiger charge is -2.38. The highest BCUT2D eigenvalue weighted by Gasteiger charge is 2.45. The van der Waals surface area contributed by atoms with Gasteiger partial charge in [-0.1, -0.05) is 18.2 Å². The molecule has 1 fully saturated rings. The number of hydrogen-bond donors (Lipinski definition) is 1. The second-order valence-corrected chi connectivity index (χ2v) is 13.6. The van der Waals surface area contributed by atoms with Crippen molar-refractivity contribution >= 4 is 21.6 Å². The Morgan fingerprint density at radius 1 is 1.09 bits per heavy atom. The molecule has 4 aromatic rings. The third kappa shape index (κ3) is 5.82. The summed E-state index contributed by atoms with van der Waals surface area (Å²) in [7, 11) is -4.25. The van der Waals surface area contributed by atoms with Crippen LogP contribution in [0, 0.1) is 19.7 Å². The van der Waals surface area contributed by atoms with Crippen LogP contribution in [0.2, 0.25) is 0 Å². The Morgan fingerprint density at radius 2 is 1.83 bits per heavy atom. The molecule has 0 bridgehead atoms. The average molecular weight is 663 g/mol. The van der Waals surface area contributed by atoms with E-state index < -0.39 is 51.8 Å². The molecule has 0 aliphatic carbocycles. The first-order valence-corrected chi connectivity index (χ1v) is 15.9. The number of aryl methyl sites for hydroxylation is 2. The number of alkyl halides is 3. The smallest absolute Gasteiger partial charge is 0.452 e. The van der Waals surface area contributed by atoms with Crippen LogP contribution in [0.1, 0.15) is 58.8 Å². The van der Waals surface area contributed by atoms with Crippen molar-refractivity contribution < 1.29 is 45.4 Å². The number of aromatic nitrogens is 3. The number of halogens is 4. The molecule has 2 aromatic heterocycles. The third-order valence-corrected chi connectivity index (χ3v) is 10.5. The summed E-state index contributed by atoms with van der Waals surface area (Å²) in [5.41, 5.74) is 1.60. The van der Waals surface area contributed by atoms with Crippen molar-refractivity contribution in [3.8, 4) is 5.75 Å². The number of fused-ring (bicyclic) bond motifs is 2. The lowest BCUT2D eigenvalue weighted by molar-refractivity contribution is -0.145. The van der Waals surface area contributed by atoms with Crippen LogP contribution < -0.4 is 4.74 Å². The van der Waals surface area contributed by atoms with Gasteiger partial charge < -0.3 is 14.6 Å². The minimum absolute atomic E-state index is 0.0264. The van der Waals surface area contributed by atoms with Crippen molar-refractivity contribution in [1.82, 2.24) is 18.9 Å². The number of benzene rings is 2. The summed E-state index contributed by atoms with van der Waals surface area (Å²) in [5, 5.41) is 16.9. The largest absolute Gasteiger partial charge is 0.484 e. The Labute approximate surface area is 261 Å². The number of aliphatic carboxylic acids is 1. The van der Waals surface area contributed by atoms with E-state index in [1.807, 2.05) is 0 Å². The van der Waals surface area contributed by atoms with Crippen molar-refractivity contribution in [2.45, 2.75) is 62.2 Å². The minimum Gasteiger partial charge on any atom is -0.484 e. The van der Waals surface area contributed by atoms with Crippen LogP contribution in [-0.4, -0.2) is 63.8 Å². The van der Waals surface area contributed by atoms with Crippen LogP contribution in [0.5, 0.6) is 5.75 Å². The quantitative estimate of drug-likeness (QED) is 0.278. The Balaban J connectivity index is 1.42. The predicted molar refractivity (Wildman–Crippen MR) is 155 cm³/mol. The van der Waals surface area contributed by atoms with Gasteiger partial charge in [-0.3, -0.25) is 9.20 Å². The zero-order valence-electron chi connectivity index (χ0n) is 24.8. The SMILES string of the molecule is Cc1ccc([C@H](CC(=O)O)c2ccn3c(C(F)(F)F)nnc3c2C)cc1CN1CC2(CCOCC2)Oc2ccc(F)cc2S1(=O)=O. The van der Waals surface area contributed by atoms with Crippen molar-refractivity contribution in [1.29, 1.82) is 0 Å². The number of carboxylic acid groups (broad SMARTS) is 1. The number of ether oxygens (including phenoxy) is 2. The van der Waals surface area contributed by atoms with E-state index in [4.69, 9.17) is 9.47 Å². The second-order valence-electron chi connectivity index (χ2n) is 11.7. The molecule has 2 aromatic carbocycles. The van der Waals surface area contributed by atoms with Gasteiger partial charge in [0.15, 0.2) is 5.65 Å². The van der Waals surface area contributed by atoms with Crippen molar-refractivity contribution in [2.24, 2.45) is 0 Å². The van der Waals surface area contributed by atoms with Crippen LogP contribution in [-0.2, 0) is 32.3 Å². The fourth-order valence-corrected chi connectivity index (χ4v) is 7.86. The molecule has 0 radical (unpaired) electrons. The summed E-state index contributed by atoms with van der Waals surface area (Å²) < 4.78 is 96.7. The molecule has 6 rings (SSSR count). The molecule has 4 heterocycles. The van der Waals surface area contributed by atoms with Gasteiger partial charge in [0, 0.05) is 31.5 Å². The van der Waals surface area contributed by atoms with E-state index in [0.717, 1.165) is 28.3 Å². The van der Waals surface area contributed by atoms with E-state index in [-0.39, 0.29) is 29.4 Å². The minimum atomic E-state index is -4.74. The molecular weight excluding hydrogens is 632 g/mol. The van der Waals surface area contributed by atoms with Crippen molar-refractivity contribution in [3.05, 3.63) is 88.1 Å². The lowest BCUT2D eigenvalue weighted by Crippen LogP contribution is -2.50. The lowest BCUT2D eigenvalue weighted by atomic mass is 9.85. The number of pyridine rings is 1. The third-order valence-electron chi connectivity index (χ3n) is 8.72. The highest BCUT2D eigenvalue weighted by molar-refractivity contribution is 7.89.